The molecule has 278 valence electrons. The molecule has 3 amide bonds. The molecule has 0 radical (unpaired) electrons. The van der Waals surface area contributed by atoms with Crippen LogP contribution in [0.3, 0.4) is 0 Å². The molecule has 3 fully saturated rings. The number of benzene rings is 2. The highest BCUT2D eigenvalue weighted by Crippen LogP contribution is 2.31. The van der Waals surface area contributed by atoms with Gasteiger partial charge in [-0.15, -0.1) is 8.78 Å². The maximum atomic E-state index is 13.2. The lowest BCUT2D eigenvalue weighted by Crippen LogP contribution is -2.53. The predicted octanol–water partition coefficient (Wildman–Crippen LogP) is 4.90. The number of rotatable bonds is 11. The highest BCUT2D eigenvalue weighted by atomic mass is 35.5. The third-order valence-corrected chi connectivity index (χ3v) is 10.00. The third-order valence-electron chi connectivity index (χ3n) is 9.92. The van der Waals surface area contributed by atoms with Gasteiger partial charge in [-0.25, -0.2) is 4.98 Å². The van der Waals surface area contributed by atoms with E-state index in [1.54, 1.807) is 12.3 Å². The van der Waals surface area contributed by atoms with Crippen molar-refractivity contribution in [2.75, 3.05) is 54.8 Å². The molecule has 0 saturated carbocycles. The number of nitrogens with zero attached hydrogens (tertiary/aromatic N) is 5. The van der Waals surface area contributed by atoms with Gasteiger partial charge in [0.05, 0.1) is 11.3 Å². The molecule has 4 aromatic rings. The Morgan fingerprint density at radius 3 is 2.43 bits per heavy atom. The molecular weight excluding hydrogens is 708 g/mol. The van der Waals surface area contributed by atoms with Gasteiger partial charge in [0.15, 0.2) is 0 Å². The fourth-order valence-corrected chi connectivity index (χ4v) is 7.27. The van der Waals surface area contributed by atoms with Crippen LogP contribution in [0.4, 0.5) is 26.0 Å². The van der Waals surface area contributed by atoms with Gasteiger partial charge in [-0.2, -0.15) is 5.10 Å². The zero-order valence-electron chi connectivity index (χ0n) is 28.9. The van der Waals surface area contributed by atoms with Crippen molar-refractivity contribution in [1.29, 1.82) is 0 Å². The van der Waals surface area contributed by atoms with Crippen LogP contribution < -0.4 is 25.6 Å². The molecule has 7 rings (SSSR count). The van der Waals surface area contributed by atoms with Crippen LogP contribution in [0.5, 0.6) is 5.75 Å². The van der Waals surface area contributed by atoms with Gasteiger partial charge in [0, 0.05) is 86.1 Å². The molecule has 2 aromatic carbocycles. The van der Waals surface area contributed by atoms with Crippen LogP contribution in [0, 0.1) is 0 Å². The Bertz CT molecular complexity index is 1910. The number of pyridine rings is 1. The zero-order valence-corrected chi connectivity index (χ0v) is 29.6. The second-order valence-corrected chi connectivity index (χ2v) is 13.9. The Labute approximate surface area is 310 Å². The van der Waals surface area contributed by atoms with Crippen molar-refractivity contribution >= 4 is 46.5 Å². The molecule has 4 N–H and O–H groups in total. The van der Waals surface area contributed by atoms with E-state index in [-0.39, 0.29) is 17.6 Å². The number of para-hydroxylation sites is 1. The number of H-pyrrole nitrogens is 1. The number of hydrogen-bond acceptors (Lipinski definition) is 10. The summed E-state index contributed by atoms with van der Waals surface area (Å²) in [5.41, 5.74) is 0.322. The van der Waals surface area contributed by atoms with Crippen molar-refractivity contribution in [2.24, 2.45) is 0 Å². The van der Waals surface area contributed by atoms with Crippen LogP contribution in [0.15, 0.2) is 73.1 Å². The number of piperidine rings is 2. The first-order valence-corrected chi connectivity index (χ1v) is 18.0. The molecule has 3 aliphatic heterocycles. The molecule has 13 nitrogen and oxygen atoms in total. The number of nitrogens with one attached hydrogen (secondary N) is 4. The Morgan fingerprint density at radius 1 is 0.981 bits per heavy atom. The highest BCUT2D eigenvalue weighted by molar-refractivity contribution is 6.20. The maximum absolute atomic E-state index is 13.2. The van der Waals surface area contributed by atoms with E-state index in [1.807, 2.05) is 24.3 Å². The number of likely N-dealkylation sites (tertiary alicyclic amines) is 1. The van der Waals surface area contributed by atoms with E-state index in [2.05, 4.69) is 51.7 Å². The van der Waals surface area contributed by atoms with Crippen LogP contribution >= 0.6 is 11.6 Å². The molecule has 53 heavy (non-hydrogen) atoms. The molecular formula is C37H40ClF2N9O4. The summed E-state index contributed by atoms with van der Waals surface area (Å²) < 4.78 is 30.2. The molecule has 1 unspecified atom stereocenters. The number of piperazine rings is 1. The Hall–Kier alpha value is -5.12. The van der Waals surface area contributed by atoms with E-state index >= 15 is 0 Å². The van der Waals surface area contributed by atoms with Crippen LogP contribution in [-0.4, -0.2) is 99.6 Å². The summed E-state index contributed by atoms with van der Waals surface area (Å²) in [4.78, 5) is 49.1. The number of ether oxygens (including phenoxy) is 1. The lowest BCUT2D eigenvalue weighted by atomic mass is 10.0. The largest absolute Gasteiger partial charge is 0.487 e. The SMILES string of the molecule is O=C1CCC(Nc2ccccc2CN2CCC(N3CCN(c4ncc(C(=O)Nc5ccc(OC(F)(F)Cl)cc5)cc4-c4cc[nH]n4)CC3)CC2)C(=O)N1. The first-order valence-electron chi connectivity index (χ1n) is 17.6. The topological polar surface area (TPSA) is 148 Å². The van der Waals surface area contributed by atoms with Gasteiger partial charge in [0.1, 0.15) is 17.6 Å². The number of hydrogen-bond donors (Lipinski definition) is 4. The number of halogens is 3. The van der Waals surface area contributed by atoms with Crippen molar-refractivity contribution in [2.45, 2.75) is 49.9 Å². The molecule has 3 saturated heterocycles. The Balaban J connectivity index is 0.934. The third kappa shape index (κ3) is 9.10. The number of aromatic amines is 1. The quantitative estimate of drug-likeness (QED) is 0.124. The monoisotopic (exact) mass is 747 g/mol. The van der Waals surface area contributed by atoms with E-state index in [4.69, 9.17) is 16.6 Å². The molecule has 0 aliphatic carbocycles. The number of carbonyl (C=O) groups excluding carboxylic acids is 3. The minimum absolute atomic E-state index is 0.139. The van der Waals surface area contributed by atoms with Gasteiger partial charge in [-0.1, -0.05) is 18.2 Å². The number of imide groups is 1. The van der Waals surface area contributed by atoms with E-state index in [0.717, 1.165) is 81.3 Å². The van der Waals surface area contributed by atoms with Crippen molar-refractivity contribution in [3.8, 4) is 17.0 Å². The minimum Gasteiger partial charge on any atom is -0.420 e. The smallest absolute Gasteiger partial charge is 0.420 e. The molecule has 0 bridgehead atoms. The molecule has 2 aromatic heterocycles. The van der Waals surface area contributed by atoms with Crippen molar-refractivity contribution in [1.82, 2.24) is 30.3 Å². The number of aromatic nitrogens is 3. The standard InChI is InChI=1S/C37H40ClF2N9O4/c38-37(39,40)53-28-7-5-26(6-8-28)43-35(51)25-21-29(31-11-14-42-46-31)34(41-22-25)49-19-17-48(18-20-49)27-12-15-47(16-13-27)23-24-3-1-2-4-30(24)44-32-9-10-33(50)45-36(32)52/h1-8,11,14,21-22,27,32,44H,9-10,12-13,15-20,23H2,(H,42,46)(H,43,51)(H,45,50,52). The second kappa shape index (κ2) is 15.9. The highest BCUT2D eigenvalue weighted by Gasteiger charge is 2.31. The van der Waals surface area contributed by atoms with E-state index in [1.165, 1.54) is 30.5 Å². The summed E-state index contributed by atoms with van der Waals surface area (Å²) in [6.07, 6.45) is 6.18. The Morgan fingerprint density at radius 2 is 1.74 bits per heavy atom. The molecule has 5 heterocycles. The lowest BCUT2D eigenvalue weighted by molar-refractivity contribution is -0.133. The minimum atomic E-state index is -3.83. The van der Waals surface area contributed by atoms with Crippen molar-refractivity contribution in [3.63, 3.8) is 0 Å². The summed E-state index contributed by atoms with van der Waals surface area (Å²) >= 11 is 4.84. The molecule has 16 heteroatoms. The van der Waals surface area contributed by atoms with Crippen LogP contribution in [-0.2, 0) is 16.1 Å². The molecule has 0 spiro atoms. The Kier molecular flexibility index (Phi) is 10.8. The fraction of sp³-hybridized carbons (Fsp3) is 0.378. The van der Waals surface area contributed by atoms with Gasteiger partial charge < -0.3 is 20.3 Å². The van der Waals surface area contributed by atoms with Crippen LogP contribution in [0.25, 0.3) is 11.3 Å². The van der Waals surface area contributed by atoms with Gasteiger partial charge in [0.25, 0.3) is 5.91 Å². The number of alkyl halides is 3. The predicted molar refractivity (Wildman–Crippen MR) is 196 cm³/mol. The zero-order chi connectivity index (χ0) is 37.0. The summed E-state index contributed by atoms with van der Waals surface area (Å²) in [6, 6.07) is 17.2. The van der Waals surface area contributed by atoms with Crippen LogP contribution in [0.1, 0.15) is 41.6 Å². The normalized spacial score (nSPS) is 19.2. The van der Waals surface area contributed by atoms with Gasteiger partial charge in [0.2, 0.25) is 11.8 Å². The summed E-state index contributed by atoms with van der Waals surface area (Å²) in [5, 5.41) is 15.8. The van der Waals surface area contributed by atoms with E-state index in [9.17, 15) is 23.2 Å². The van der Waals surface area contributed by atoms with Crippen molar-refractivity contribution in [3.05, 3.63) is 84.2 Å². The number of anilines is 3. The van der Waals surface area contributed by atoms with Gasteiger partial charge in [-0.05, 0) is 80.4 Å². The number of amides is 3. The molecule has 3 aliphatic rings. The van der Waals surface area contributed by atoms with Crippen LogP contribution in [0.2, 0.25) is 0 Å². The maximum Gasteiger partial charge on any atom is 0.487 e. The average Bonchev–Trinajstić information content (AvgIpc) is 3.69. The first-order chi connectivity index (χ1) is 25.6. The molecule has 1 atom stereocenters. The fourth-order valence-electron chi connectivity index (χ4n) is 7.18. The van der Waals surface area contributed by atoms with E-state index in [0.29, 0.717) is 35.8 Å². The van der Waals surface area contributed by atoms with Gasteiger partial charge in [-0.3, -0.25) is 34.6 Å². The first kappa shape index (κ1) is 36.2. The van der Waals surface area contributed by atoms with E-state index < -0.39 is 17.5 Å². The summed E-state index contributed by atoms with van der Waals surface area (Å²) in [6.45, 7) is 6.01. The average molecular weight is 748 g/mol. The summed E-state index contributed by atoms with van der Waals surface area (Å²) in [7, 11) is 0. The van der Waals surface area contributed by atoms with Crippen molar-refractivity contribution < 1.29 is 27.9 Å². The van der Waals surface area contributed by atoms with Gasteiger partial charge >= 0.3 is 5.57 Å². The summed E-state index contributed by atoms with van der Waals surface area (Å²) in [5.74, 6) is -0.304. The lowest BCUT2D eigenvalue weighted by Gasteiger charge is -2.43. The number of carbonyl (C=O) groups is 3. The second-order valence-electron chi connectivity index (χ2n) is 13.4.